The molecule has 0 heterocycles. The summed E-state index contributed by atoms with van der Waals surface area (Å²) < 4.78 is 0. The number of carbonyl (C=O) groups excluding carboxylic acids is 1. The second kappa shape index (κ2) is 7.29. The van der Waals surface area contributed by atoms with Crippen molar-refractivity contribution in [2.75, 3.05) is 11.1 Å². The third-order valence-electron chi connectivity index (χ3n) is 2.86. The number of nitrogens with one attached hydrogen (secondary N) is 1. The number of amides is 1. The van der Waals surface area contributed by atoms with Crippen molar-refractivity contribution in [3.8, 4) is 6.07 Å². The normalized spacial score (nSPS) is 9.87. The summed E-state index contributed by atoms with van der Waals surface area (Å²) >= 11 is 1.27. The molecule has 116 valence electrons. The molecule has 0 aliphatic heterocycles. The predicted molar refractivity (Wildman–Crippen MR) is 87.5 cm³/mol. The fourth-order valence-electron chi connectivity index (χ4n) is 1.84. The number of primary amides is 1. The average Bonchev–Trinajstić information content (AvgIpc) is 2.54. The number of carbonyl (C=O) groups is 1. The molecule has 0 aliphatic carbocycles. The molecular weight excluding hydrogens is 316 g/mol. The molecule has 0 fully saturated rings. The lowest BCUT2D eigenvalue weighted by molar-refractivity contribution is -0.384. The minimum absolute atomic E-state index is 0.129. The number of nitro benzene ring substituents is 1. The average molecular weight is 328 g/mol. The summed E-state index contributed by atoms with van der Waals surface area (Å²) in [5.74, 6) is -0.304. The van der Waals surface area contributed by atoms with Gasteiger partial charge in [-0.05, 0) is 18.2 Å². The SMILES string of the molecule is N#Cc1cc([N+](=O)[O-])ccc1Nc1ccccc1SCC(N)=O. The second-order valence-electron chi connectivity index (χ2n) is 4.47. The zero-order valence-corrected chi connectivity index (χ0v) is 12.7. The van der Waals surface area contributed by atoms with Gasteiger partial charge in [-0.15, -0.1) is 11.8 Å². The van der Waals surface area contributed by atoms with E-state index in [0.717, 1.165) is 4.90 Å². The Morgan fingerprint density at radius 3 is 2.70 bits per heavy atom. The molecule has 0 atom stereocenters. The Bertz CT molecular complexity index is 802. The molecular formula is C15H12N4O3S. The van der Waals surface area contributed by atoms with Gasteiger partial charge < -0.3 is 11.1 Å². The van der Waals surface area contributed by atoms with Gasteiger partial charge in [0, 0.05) is 17.0 Å². The monoisotopic (exact) mass is 328 g/mol. The van der Waals surface area contributed by atoms with Crippen LogP contribution >= 0.6 is 11.8 Å². The summed E-state index contributed by atoms with van der Waals surface area (Å²) in [6.07, 6.45) is 0. The number of para-hydroxylation sites is 1. The highest BCUT2D eigenvalue weighted by atomic mass is 32.2. The van der Waals surface area contributed by atoms with Gasteiger partial charge in [0.15, 0.2) is 0 Å². The molecule has 2 aromatic rings. The molecule has 23 heavy (non-hydrogen) atoms. The van der Waals surface area contributed by atoms with Crippen LogP contribution in [0.1, 0.15) is 5.56 Å². The Balaban J connectivity index is 2.31. The lowest BCUT2D eigenvalue weighted by Crippen LogP contribution is -2.13. The molecule has 2 aromatic carbocycles. The first-order valence-corrected chi connectivity index (χ1v) is 7.45. The van der Waals surface area contributed by atoms with E-state index in [1.165, 1.54) is 30.0 Å². The first kappa shape index (κ1) is 16.3. The van der Waals surface area contributed by atoms with Crippen LogP contribution in [0.5, 0.6) is 0 Å². The highest BCUT2D eigenvalue weighted by molar-refractivity contribution is 8.00. The van der Waals surface area contributed by atoms with Gasteiger partial charge in [-0.25, -0.2) is 0 Å². The maximum absolute atomic E-state index is 10.9. The maximum Gasteiger partial charge on any atom is 0.270 e. The highest BCUT2D eigenvalue weighted by Gasteiger charge is 2.12. The fraction of sp³-hybridized carbons (Fsp3) is 0.0667. The summed E-state index contributed by atoms with van der Waals surface area (Å²) in [5.41, 5.74) is 6.29. The van der Waals surface area contributed by atoms with E-state index in [-0.39, 0.29) is 17.0 Å². The molecule has 7 nitrogen and oxygen atoms in total. The molecule has 1 amide bonds. The van der Waals surface area contributed by atoms with Crippen LogP contribution < -0.4 is 11.1 Å². The third-order valence-corrected chi connectivity index (χ3v) is 3.96. The number of nitrogens with two attached hydrogens (primary N) is 1. The number of hydrogen-bond donors (Lipinski definition) is 2. The van der Waals surface area contributed by atoms with Gasteiger partial charge in [-0.2, -0.15) is 5.26 Å². The van der Waals surface area contributed by atoms with Crippen LogP contribution in [-0.4, -0.2) is 16.6 Å². The number of thioether (sulfide) groups is 1. The van der Waals surface area contributed by atoms with Gasteiger partial charge in [0.25, 0.3) is 5.69 Å². The molecule has 2 rings (SSSR count). The number of nitro groups is 1. The van der Waals surface area contributed by atoms with Gasteiger partial charge in [0.2, 0.25) is 5.91 Å². The number of rotatable bonds is 6. The maximum atomic E-state index is 10.9. The van der Waals surface area contributed by atoms with Crippen molar-refractivity contribution in [3.05, 3.63) is 58.1 Å². The number of anilines is 2. The number of hydrogen-bond acceptors (Lipinski definition) is 6. The standard InChI is InChI=1S/C15H12N4O3S/c16-8-10-7-11(19(21)22)5-6-12(10)18-13-3-1-2-4-14(13)23-9-15(17)20/h1-7,18H,9H2,(H2,17,20). The lowest BCUT2D eigenvalue weighted by atomic mass is 10.1. The van der Waals surface area contributed by atoms with E-state index in [1.807, 2.05) is 18.2 Å². The number of non-ortho nitro benzene ring substituents is 1. The third kappa shape index (κ3) is 4.21. The van der Waals surface area contributed by atoms with Crippen molar-refractivity contribution in [2.24, 2.45) is 5.73 Å². The Morgan fingerprint density at radius 2 is 2.04 bits per heavy atom. The van der Waals surface area contributed by atoms with E-state index in [0.29, 0.717) is 11.4 Å². The topological polar surface area (TPSA) is 122 Å². The molecule has 0 radical (unpaired) electrons. The van der Waals surface area contributed by atoms with Crippen LogP contribution in [0.4, 0.5) is 17.1 Å². The van der Waals surface area contributed by atoms with Crippen molar-refractivity contribution >= 4 is 34.7 Å². The van der Waals surface area contributed by atoms with E-state index in [4.69, 9.17) is 11.0 Å². The van der Waals surface area contributed by atoms with E-state index in [9.17, 15) is 14.9 Å². The quantitative estimate of drug-likeness (QED) is 0.477. The van der Waals surface area contributed by atoms with Gasteiger partial charge in [0.1, 0.15) is 6.07 Å². The smallest absolute Gasteiger partial charge is 0.270 e. The van der Waals surface area contributed by atoms with E-state index in [2.05, 4.69) is 5.32 Å². The minimum Gasteiger partial charge on any atom is -0.369 e. The van der Waals surface area contributed by atoms with E-state index < -0.39 is 10.8 Å². The van der Waals surface area contributed by atoms with Crippen LogP contribution in [0.2, 0.25) is 0 Å². The molecule has 0 aromatic heterocycles. The van der Waals surface area contributed by atoms with Crippen molar-refractivity contribution in [2.45, 2.75) is 4.90 Å². The van der Waals surface area contributed by atoms with Crippen LogP contribution in [0.25, 0.3) is 0 Å². The fourth-order valence-corrected chi connectivity index (χ4v) is 2.58. The van der Waals surface area contributed by atoms with Crippen LogP contribution in [-0.2, 0) is 4.79 Å². The minimum atomic E-state index is -0.554. The number of benzene rings is 2. The Kier molecular flexibility index (Phi) is 5.17. The summed E-state index contributed by atoms with van der Waals surface area (Å²) in [6.45, 7) is 0. The van der Waals surface area contributed by atoms with Crippen molar-refractivity contribution < 1.29 is 9.72 Å². The molecule has 0 spiro atoms. The van der Waals surface area contributed by atoms with Gasteiger partial charge in [0.05, 0.1) is 27.6 Å². The van der Waals surface area contributed by atoms with Crippen molar-refractivity contribution in [3.63, 3.8) is 0 Å². The van der Waals surface area contributed by atoms with Crippen LogP contribution in [0.3, 0.4) is 0 Å². The largest absolute Gasteiger partial charge is 0.369 e. The van der Waals surface area contributed by atoms with E-state index in [1.54, 1.807) is 12.1 Å². The summed E-state index contributed by atoms with van der Waals surface area (Å²) in [7, 11) is 0. The Hall–Kier alpha value is -3.05. The Labute approximate surface area is 136 Å². The molecule has 0 bridgehead atoms. The zero-order chi connectivity index (χ0) is 16.8. The first-order chi connectivity index (χ1) is 11.0. The van der Waals surface area contributed by atoms with Crippen molar-refractivity contribution in [1.29, 1.82) is 5.26 Å². The molecule has 0 saturated heterocycles. The second-order valence-corrected chi connectivity index (χ2v) is 5.49. The molecule has 8 heteroatoms. The lowest BCUT2D eigenvalue weighted by Gasteiger charge is -2.12. The summed E-state index contributed by atoms with van der Waals surface area (Å²) in [4.78, 5) is 21.9. The molecule has 0 saturated carbocycles. The summed E-state index contributed by atoms with van der Waals surface area (Å²) in [5, 5.41) is 23.0. The zero-order valence-electron chi connectivity index (χ0n) is 11.9. The molecule has 0 unspecified atom stereocenters. The summed E-state index contributed by atoms with van der Waals surface area (Å²) in [6, 6.07) is 13.2. The van der Waals surface area contributed by atoms with Crippen LogP contribution in [0, 0.1) is 21.4 Å². The molecule has 0 aliphatic rings. The first-order valence-electron chi connectivity index (χ1n) is 6.47. The highest BCUT2D eigenvalue weighted by Crippen LogP contribution is 2.31. The van der Waals surface area contributed by atoms with Crippen LogP contribution in [0.15, 0.2) is 47.4 Å². The number of nitriles is 1. The van der Waals surface area contributed by atoms with Gasteiger partial charge in [-0.3, -0.25) is 14.9 Å². The predicted octanol–water partition coefficient (Wildman–Crippen LogP) is 2.79. The van der Waals surface area contributed by atoms with E-state index >= 15 is 0 Å². The molecule has 3 N–H and O–H groups in total. The number of nitrogens with zero attached hydrogens (tertiary/aromatic N) is 2. The Morgan fingerprint density at radius 1 is 1.30 bits per heavy atom. The van der Waals surface area contributed by atoms with Gasteiger partial charge >= 0.3 is 0 Å². The van der Waals surface area contributed by atoms with Gasteiger partial charge in [-0.1, -0.05) is 12.1 Å². The van der Waals surface area contributed by atoms with Crippen molar-refractivity contribution in [1.82, 2.24) is 0 Å².